The van der Waals surface area contributed by atoms with Crippen LogP contribution in [0.2, 0.25) is 0 Å². The van der Waals surface area contributed by atoms with E-state index in [2.05, 4.69) is 23.6 Å². The fraction of sp³-hybridized carbons (Fsp3) is 0.630. The molecule has 8 nitrogen and oxygen atoms in total. The number of aliphatic hydroxyl groups is 1. The van der Waals surface area contributed by atoms with Crippen LogP contribution in [0, 0.1) is 11.3 Å². The molecule has 1 N–H and O–H groups in total. The number of ether oxygens (including phenoxy) is 2. The molecule has 3 heterocycles. The van der Waals surface area contributed by atoms with Crippen LogP contribution in [0.15, 0.2) is 30.5 Å². The Morgan fingerprint density at radius 1 is 1.23 bits per heavy atom. The molecule has 0 spiro atoms. The van der Waals surface area contributed by atoms with Crippen LogP contribution < -0.4 is 9.80 Å². The van der Waals surface area contributed by atoms with Crippen LogP contribution >= 0.6 is 0 Å². The summed E-state index contributed by atoms with van der Waals surface area (Å²) in [6.07, 6.45) is 2.09. The van der Waals surface area contributed by atoms with Crippen LogP contribution in [0.5, 0.6) is 0 Å². The van der Waals surface area contributed by atoms with Crippen molar-refractivity contribution >= 4 is 23.4 Å². The fourth-order valence-electron chi connectivity index (χ4n) is 5.50. The summed E-state index contributed by atoms with van der Waals surface area (Å²) >= 11 is 0. The van der Waals surface area contributed by atoms with Gasteiger partial charge in [-0.3, -0.25) is 9.69 Å². The topological polar surface area (TPSA) is 82.6 Å². The molecule has 1 aromatic rings. The lowest BCUT2D eigenvalue weighted by Gasteiger charge is -2.43. The van der Waals surface area contributed by atoms with Crippen molar-refractivity contribution in [2.24, 2.45) is 11.3 Å². The number of benzene rings is 1. The SMILES string of the molecule is C=C1CC(c2ccc3c(c2)N(C(=O)OC(C)C)C[C@H](C)N3C(=O)C2CC2)CN1CC1(CO)COC1. The number of amides is 2. The minimum absolute atomic E-state index is 0.0974. The molecular formula is C27H37N3O5. The third-order valence-corrected chi connectivity index (χ3v) is 7.68. The second kappa shape index (κ2) is 9.13. The Kier molecular flexibility index (Phi) is 6.30. The van der Waals surface area contributed by atoms with Crippen LogP contribution in [-0.2, 0) is 14.3 Å². The molecular weight excluding hydrogens is 446 g/mol. The Labute approximate surface area is 207 Å². The highest BCUT2D eigenvalue weighted by molar-refractivity contribution is 6.04. The maximum atomic E-state index is 13.2. The third-order valence-electron chi connectivity index (χ3n) is 7.68. The van der Waals surface area contributed by atoms with E-state index in [0.717, 1.165) is 55.0 Å². The smallest absolute Gasteiger partial charge is 0.414 e. The van der Waals surface area contributed by atoms with Gasteiger partial charge in [0, 0.05) is 37.2 Å². The molecule has 2 saturated heterocycles. The minimum Gasteiger partial charge on any atom is -0.446 e. The highest BCUT2D eigenvalue weighted by atomic mass is 16.6. The molecule has 0 radical (unpaired) electrons. The molecule has 1 saturated carbocycles. The van der Waals surface area contributed by atoms with Gasteiger partial charge in [-0.15, -0.1) is 0 Å². The van der Waals surface area contributed by atoms with E-state index in [1.54, 1.807) is 4.90 Å². The van der Waals surface area contributed by atoms with E-state index in [-0.39, 0.29) is 48.0 Å². The molecule has 8 heteroatoms. The van der Waals surface area contributed by atoms with Crippen LogP contribution in [0.25, 0.3) is 0 Å². The lowest BCUT2D eigenvalue weighted by atomic mass is 9.86. The Bertz CT molecular complexity index is 1010. The number of carbonyl (C=O) groups is 2. The monoisotopic (exact) mass is 483 g/mol. The van der Waals surface area contributed by atoms with E-state index < -0.39 is 0 Å². The summed E-state index contributed by atoms with van der Waals surface area (Å²) < 4.78 is 10.9. The molecule has 2 atom stereocenters. The van der Waals surface area contributed by atoms with Crippen molar-refractivity contribution in [2.45, 2.75) is 58.1 Å². The average Bonchev–Trinajstić information content (AvgIpc) is 3.58. The summed E-state index contributed by atoms with van der Waals surface area (Å²) in [6, 6.07) is 6.02. The summed E-state index contributed by atoms with van der Waals surface area (Å²) in [5.74, 6) is 0.473. The van der Waals surface area contributed by atoms with Crippen LogP contribution in [-0.4, -0.2) is 73.6 Å². The average molecular weight is 484 g/mol. The maximum absolute atomic E-state index is 13.2. The number of nitrogens with zero attached hydrogens (tertiary/aromatic N) is 3. The van der Waals surface area contributed by atoms with Crippen molar-refractivity contribution < 1.29 is 24.2 Å². The van der Waals surface area contributed by atoms with Gasteiger partial charge in [-0.1, -0.05) is 12.6 Å². The summed E-state index contributed by atoms with van der Waals surface area (Å²) in [5.41, 5.74) is 3.49. The lowest BCUT2D eigenvalue weighted by molar-refractivity contribution is -0.144. The Balaban J connectivity index is 1.43. The highest BCUT2D eigenvalue weighted by Crippen LogP contribution is 2.44. The minimum atomic E-state index is -0.379. The number of carbonyl (C=O) groups excluding carboxylic acids is 2. The second-order valence-electron chi connectivity index (χ2n) is 11.1. The number of anilines is 2. The first-order valence-corrected chi connectivity index (χ1v) is 12.8. The van der Waals surface area contributed by atoms with Crippen LogP contribution in [0.4, 0.5) is 16.2 Å². The molecule has 1 aliphatic carbocycles. The maximum Gasteiger partial charge on any atom is 0.414 e. The number of hydrogen-bond acceptors (Lipinski definition) is 6. The number of fused-ring (bicyclic) bond motifs is 1. The van der Waals surface area contributed by atoms with Gasteiger partial charge in [0.1, 0.15) is 0 Å². The quantitative estimate of drug-likeness (QED) is 0.667. The van der Waals surface area contributed by atoms with E-state index in [4.69, 9.17) is 9.47 Å². The molecule has 0 aromatic heterocycles. The van der Waals surface area contributed by atoms with Gasteiger partial charge in [-0.05, 0) is 57.7 Å². The zero-order valence-electron chi connectivity index (χ0n) is 21.0. The zero-order chi connectivity index (χ0) is 24.9. The Morgan fingerprint density at radius 3 is 2.57 bits per heavy atom. The Hall–Kier alpha value is -2.58. The van der Waals surface area contributed by atoms with Gasteiger partial charge in [0.15, 0.2) is 0 Å². The van der Waals surface area contributed by atoms with Gasteiger partial charge in [-0.2, -0.15) is 0 Å². The van der Waals surface area contributed by atoms with Crippen LogP contribution in [0.3, 0.4) is 0 Å². The van der Waals surface area contributed by atoms with Gasteiger partial charge < -0.3 is 24.4 Å². The van der Waals surface area contributed by atoms with E-state index in [9.17, 15) is 14.7 Å². The highest BCUT2D eigenvalue weighted by Gasteiger charge is 2.43. The molecule has 35 heavy (non-hydrogen) atoms. The summed E-state index contributed by atoms with van der Waals surface area (Å²) in [4.78, 5) is 32.0. The molecule has 1 aromatic carbocycles. The van der Waals surface area contributed by atoms with Crippen molar-refractivity contribution in [3.8, 4) is 0 Å². The van der Waals surface area contributed by atoms with E-state index in [1.807, 2.05) is 31.7 Å². The van der Waals surface area contributed by atoms with Crippen molar-refractivity contribution in [1.29, 1.82) is 0 Å². The molecule has 3 aliphatic heterocycles. The molecule has 1 unspecified atom stereocenters. The molecule has 2 amide bonds. The van der Waals surface area contributed by atoms with Gasteiger partial charge in [-0.25, -0.2) is 4.79 Å². The molecule has 0 bridgehead atoms. The van der Waals surface area contributed by atoms with Gasteiger partial charge >= 0.3 is 6.09 Å². The predicted octanol–water partition coefficient (Wildman–Crippen LogP) is 3.50. The summed E-state index contributed by atoms with van der Waals surface area (Å²) in [6.45, 7) is 13.2. The second-order valence-corrected chi connectivity index (χ2v) is 11.1. The number of rotatable bonds is 6. The molecule has 5 rings (SSSR count). The summed E-state index contributed by atoms with van der Waals surface area (Å²) in [5, 5.41) is 9.86. The van der Waals surface area contributed by atoms with Crippen molar-refractivity contribution in [3.05, 3.63) is 36.0 Å². The van der Waals surface area contributed by atoms with E-state index in [0.29, 0.717) is 19.8 Å². The van der Waals surface area contributed by atoms with Crippen molar-refractivity contribution in [3.63, 3.8) is 0 Å². The van der Waals surface area contributed by atoms with Crippen LogP contribution in [0.1, 0.15) is 51.5 Å². The number of hydrogen-bond donors (Lipinski definition) is 1. The Morgan fingerprint density at radius 2 is 1.97 bits per heavy atom. The van der Waals surface area contributed by atoms with Gasteiger partial charge in [0.25, 0.3) is 0 Å². The van der Waals surface area contributed by atoms with Gasteiger partial charge in [0.05, 0.1) is 48.8 Å². The number of allylic oxidation sites excluding steroid dienone is 1. The predicted molar refractivity (Wildman–Crippen MR) is 133 cm³/mol. The van der Waals surface area contributed by atoms with Gasteiger partial charge in [0.2, 0.25) is 5.91 Å². The standard InChI is InChI=1S/C27H37N3O5/c1-17(2)35-26(33)29-11-19(4)30(25(32)20-5-6-20)23-8-7-21(10-24(23)29)22-9-18(3)28(12-22)13-27(14-31)15-34-16-27/h7-8,10,17,19-20,22,31H,3,5-6,9,11-16H2,1-2,4H3/t19-,22?/m0/s1. The largest absolute Gasteiger partial charge is 0.446 e. The normalized spacial score (nSPS) is 25.5. The molecule has 4 aliphatic rings. The van der Waals surface area contributed by atoms with E-state index in [1.165, 1.54) is 0 Å². The number of likely N-dealkylation sites (tertiary alicyclic amines) is 1. The lowest BCUT2D eigenvalue weighted by Crippen LogP contribution is -2.53. The number of aliphatic hydroxyl groups excluding tert-OH is 1. The fourth-order valence-corrected chi connectivity index (χ4v) is 5.50. The first-order valence-electron chi connectivity index (χ1n) is 12.8. The molecule has 190 valence electrons. The van der Waals surface area contributed by atoms with Crippen molar-refractivity contribution in [1.82, 2.24) is 4.90 Å². The summed E-state index contributed by atoms with van der Waals surface area (Å²) in [7, 11) is 0. The first-order chi connectivity index (χ1) is 16.7. The van der Waals surface area contributed by atoms with E-state index >= 15 is 0 Å². The third kappa shape index (κ3) is 4.54. The van der Waals surface area contributed by atoms with Crippen molar-refractivity contribution in [2.75, 3.05) is 49.3 Å². The first kappa shape index (κ1) is 24.1. The molecule has 3 fully saturated rings. The zero-order valence-corrected chi connectivity index (χ0v) is 21.0.